The van der Waals surface area contributed by atoms with Gasteiger partial charge in [0, 0.05) is 51.0 Å². The molecule has 8 rings (SSSR count). The quantitative estimate of drug-likeness (QED) is 0.179. The molecule has 4 aromatic carbocycles. The van der Waals surface area contributed by atoms with Crippen LogP contribution in [0.25, 0.3) is 27.4 Å². The van der Waals surface area contributed by atoms with E-state index in [0.29, 0.717) is 22.9 Å². The van der Waals surface area contributed by atoms with Crippen LogP contribution in [-0.2, 0) is 11.4 Å². The zero-order valence-electron chi connectivity index (χ0n) is 25.1. The van der Waals surface area contributed by atoms with Crippen molar-refractivity contribution in [3.05, 3.63) is 129 Å². The van der Waals surface area contributed by atoms with Crippen LogP contribution in [0.3, 0.4) is 0 Å². The van der Waals surface area contributed by atoms with Gasteiger partial charge < -0.3 is 9.47 Å². The number of hydrogen-bond donors (Lipinski definition) is 0. The lowest BCUT2D eigenvalue weighted by Gasteiger charge is -2.38. The van der Waals surface area contributed by atoms with E-state index in [0.717, 1.165) is 66.5 Å². The molecule has 1 unspecified atom stereocenters. The molecule has 1 aliphatic carbocycles. The lowest BCUT2D eigenvalue weighted by Crippen LogP contribution is -2.32. The molecular weight excluding hydrogens is 664 g/mol. The van der Waals surface area contributed by atoms with Crippen molar-refractivity contribution in [2.24, 2.45) is 5.41 Å². The van der Waals surface area contributed by atoms with Gasteiger partial charge in [0.25, 0.3) is 0 Å². The van der Waals surface area contributed by atoms with Crippen LogP contribution in [0.1, 0.15) is 49.4 Å². The number of ketones is 1. The van der Waals surface area contributed by atoms with E-state index >= 15 is 0 Å². The second kappa shape index (κ2) is 11.1. The first-order valence-corrected chi connectivity index (χ1v) is 16.2. The monoisotopic (exact) mass is 690 g/mol. The molecule has 2 aromatic heterocycles. The van der Waals surface area contributed by atoms with Gasteiger partial charge in [-0.05, 0) is 82.4 Å². The largest absolute Gasteiger partial charge is 0.487 e. The smallest absolute Gasteiger partial charge is 0.163 e. The van der Waals surface area contributed by atoms with Crippen molar-refractivity contribution in [2.45, 2.75) is 39.2 Å². The number of aromatic nitrogens is 4. The summed E-state index contributed by atoms with van der Waals surface area (Å²) >= 11 is 9.72. The maximum atomic E-state index is 13.6. The summed E-state index contributed by atoms with van der Waals surface area (Å²) in [5.74, 6) is 2.23. The summed E-state index contributed by atoms with van der Waals surface area (Å²) in [6.45, 7) is 4.50. The van der Waals surface area contributed by atoms with Crippen LogP contribution in [0.2, 0.25) is 5.02 Å². The third-order valence-corrected chi connectivity index (χ3v) is 9.48. The van der Waals surface area contributed by atoms with E-state index in [1.54, 1.807) is 10.9 Å². The van der Waals surface area contributed by atoms with E-state index in [-0.39, 0.29) is 23.7 Å². The molecule has 0 spiro atoms. The number of hydrogen-bond acceptors (Lipinski definition) is 6. The highest BCUT2D eigenvalue weighted by Gasteiger charge is 2.42. The molecule has 6 aromatic rings. The molecule has 1 aliphatic heterocycles. The summed E-state index contributed by atoms with van der Waals surface area (Å²) < 4.78 is 15.4. The second-order valence-electron chi connectivity index (χ2n) is 12.7. The van der Waals surface area contributed by atoms with Gasteiger partial charge in [-0.2, -0.15) is 0 Å². The molecule has 46 heavy (non-hydrogen) atoms. The average molecular weight is 692 g/mol. The Bertz CT molecular complexity index is 2220. The van der Waals surface area contributed by atoms with Crippen molar-refractivity contribution in [2.75, 3.05) is 0 Å². The highest BCUT2D eigenvalue weighted by atomic mass is 79.9. The Morgan fingerprint density at radius 1 is 1.00 bits per heavy atom. The molecule has 0 saturated carbocycles. The molecule has 0 amide bonds. The molecule has 0 fully saturated rings. The van der Waals surface area contributed by atoms with E-state index in [1.165, 1.54) is 0 Å². The fraction of sp³-hybridized carbons (Fsp3) is 0.189. The number of Topliss-reactive ketones (excluding diaryl/α,β-unsaturated/α-hetero) is 1. The normalized spacial score (nSPS) is 17.1. The molecule has 0 radical (unpaired) electrons. The zero-order valence-corrected chi connectivity index (χ0v) is 27.5. The van der Waals surface area contributed by atoms with Gasteiger partial charge in [0.05, 0.1) is 17.4 Å². The topological polar surface area (TPSA) is 79.1 Å². The Balaban J connectivity index is 1.10. The van der Waals surface area contributed by atoms with Crippen LogP contribution in [0, 0.1) is 5.41 Å². The van der Waals surface area contributed by atoms with Crippen molar-refractivity contribution < 1.29 is 14.3 Å². The summed E-state index contributed by atoms with van der Waals surface area (Å²) in [5, 5.41) is 12.3. The highest BCUT2D eigenvalue weighted by molar-refractivity contribution is 9.10. The Hall–Kier alpha value is -4.53. The number of ether oxygens (including phenoxy) is 2. The van der Waals surface area contributed by atoms with Gasteiger partial charge in [0.15, 0.2) is 5.78 Å². The van der Waals surface area contributed by atoms with Gasteiger partial charge in [0.1, 0.15) is 29.6 Å². The minimum atomic E-state index is -0.209. The maximum Gasteiger partial charge on any atom is 0.163 e. The van der Waals surface area contributed by atoms with Crippen molar-refractivity contribution in [3.8, 4) is 17.2 Å². The highest BCUT2D eigenvalue weighted by Crippen LogP contribution is 2.51. The summed E-state index contributed by atoms with van der Waals surface area (Å²) in [4.78, 5) is 18.0. The van der Waals surface area contributed by atoms with Crippen LogP contribution in [0.5, 0.6) is 11.5 Å². The van der Waals surface area contributed by atoms with Gasteiger partial charge in [-0.3, -0.25) is 9.78 Å². The number of carbonyl (C=O) groups excluding carboxylic acids is 1. The molecular formula is C37H28BrClN4O3. The van der Waals surface area contributed by atoms with E-state index in [9.17, 15) is 4.79 Å². The number of fused-ring (bicyclic) bond motifs is 3. The van der Waals surface area contributed by atoms with Crippen molar-refractivity contribution in [1.82, 2.24) is 20.0 Å². The van der Waals surface area contributed by atoms with E-state index in [1.807, 2.05) is 60.8 Å². The molecule has 3 heterocycles. The lowest BCUT2D eigenvalue weighted by atomic mass is 9.70. The molecule has 2 aliphatic rings. The van der Waals surface area contributed by atoms with Crippen molar-refractivity contribution >= 4 is 55.0 Å². The summed E-state index contributed by atoms with van der Waals surface area (Å²) in [7, 11) is 0. The van der Waals surface area contributed by atoms with Gasteiger partial charge in [-0.1, -0.05) is 64.8 Å². The SMILES string of the molecule is CC1(C)CC(=O)C2=C(C1)Oc1cc3ccc(OCc4cn(-c5ccnc6cc(Cl)ccc56)nn4)cc3cc1C2c1ccc(Br)cc1. The lowest BCUT2D eigenvalue weighted by molar-refractivity contribution is -0.118. The number of halogens is 2. The maximum absolute atomic E-state index is 13.6. The van der Waals surface area contributed by atoms with Crippen molar-refractivity contribution in [3.63, 3.8) is 0 Å². The number of pyridine rings is 1. The molecule has 0 N–H and O–H groups in total. The minimum absolute atomic E-state index is 0.146. The summed E-state index contributed by atoms with van der Waals surface area (Å²) in [5.41, 5.74) is 5.00. The van der Waals surface area contributed by atoms with Gasteiger partial charge in [0.2, 0.25) is 0 Å². The standard InChI is InChI=1S/C37H28BrClN4O3/c1-37(2)17-32(44)36-34(18-37)46-33-15-22-5-9-27(13-23(22)14-29(33)35(36)21-3-6-24(38)7-4-21)45-20-26-19-43(42-41-26)31-11-12-40-30-16-25(39)8-10-28(30)31/h3-16,19,35H,17-18,20H2,1-2H3. The van der Waals surface area contributed by atoms with Gasteiger partial charge in [-0.25, -0.2) is 4.68 Å². The van der Waals surface area contributed by atoms with Gasteiger partial charge in [-0.15, -0.1) is 5.10 Å². The van der Waals surface area contributed by atoms with Crippen LogP contribution >= 0.6 is 27.5 Å². The summed E-state index contributed by atoms with van der Waals surface area (Å²) in [6.07, 6.45) is 4.81. The zero-order chi connectivity index (χ0) is 31.6. The Labute approximate surface area is 278 Å². The number of rotatable bonds is 5. The Morgan fingerprint density at radius 2 is 1.85 bits per heavy atom. The van der Waals surface area contributed by atoms with E-state index < -0.39 is 0 Å². The Kier molecular flexibility index (Phi) is 6.96. The Morgan fingerprint density at radius 3 is 2.70 bits per heavy atom. The fourth-order valence-electron chi connectivity index (χ4n) is 6.60. The molecule has 228 valence electrons. The summed E-state index contributed by atoms with van der Waals surface area (Å²) in [6, 6.07) is 25.9. The molecule has 0 saturated heterocycles. The van der Waals surface area contributed by atoms with E-state index in [4.69, 9.17) is 21.1 Å². The number of allylic oxidation sites excluding steroid dienone is 2. The molecule has 7 nitrogen and oxygen atoms in total. The van der Waals surface area contributed by atoms with Crippen LogP contribution < -0.4 is 9.47 Å². The number of benzene rings is 4. The molecule has 0 bridgehead atoms. The average Bonchev–Trinajstić information content (AvgIpc) is 3.50. The minimum Gasteiger partial charge on any atom is -0.487 e. The number of nitrogens with zero attached hydrogens (tertiary/aromatic N) is 4. The molecule has 9 heteroatoms. The van der Waals surface area contributed by atoms with Crippen LogP contribution in [-0.4, -0.2) is 25.8 Å². The van der Waals surface area contributed by atoms with Crippen molar-refractivity contribution in [1.29, 1.82) is 0 Å². The van der Waals surface area contributed by atoms with Crippen LogP contribution in [0.15, 0.2) is 107 Å². The third kappa shape index (κ3) is 5.25. The van der Waals surface area contributed by atoms with Gasteiger partial charge >= 0.3 is 0 Å². The predicted molar refractivity (Wildman–Crippen MR) is 182 cm³/mol. The molecule has 1 atom stereocenters. The first kappa shape index (κ1) is 28.9. The third-order valence-electron chi connectivity index (χ3n) is 8.71. The second-order valence-corrected chi connectivity index (χ2v) is 14.1. The number of carbonyl (C=O) groups is 1. The van der Waals surface area contributed by atoms with E-state index in [2.05, 4.69) is 69.3 Å². The first-order chi connectivity index (χ1) is 22.2. The predicted octanol–water partition coefficient (Wildman–Crippen LogP) is 9.13. The van der Waals surface area contributed by atoms with Crippen LogP contribution in [0.4, 0.5) is 0 Å². The fourth-order valence-corrected chi connectivity index (χ4v) is 7.03. The first-order valence-electron chi connectivity index (χ1n) is 15.1.